The number of benzene rings is 1. The van der Waals surface area contributed by atoms with Gasteiger partial charge in [0.05, 0.1) is 0 Å². The molecule has 0 N–H and O–H groups in total. The second-order valence-corrected chi connectivity index (χ2v) is 4.29. The highest BCUT2D eigenvalue weighted by molar-refractivity contribution is 6.00. The van der Waals surface area contributed by atoms with Crippen molar-refractivity contribution in [1.82, 2.24) is 0 Å². The first kappa shape index (κ1) is 12.6. The number of rotatable bonds is 4. The summed E-state index contributed by atoms with van der Waals surface area (Å²) in [5, 5.41) is 0. The lowest BCUT2D eigenvalue weighted by molar-refractivity contribution is -0.124. The minimum Gasteiger partial charge on any atom is -0.308 e. The minimum absolute atomic E-state index is 0.103. The largest absolute Gasteiger partial charge is 0.308 e. The van der Waals surface area contributed by atoms with Crippen molar-refractivity contribution in [2.24, 2.45) is 0 Å². The van der Waals surface area contributed by atoms with E-state index in [2.05, 4.69) is 0 Å². The van der Waals surface area contributed by atoms with Crippen LogP contribution < -0.4 is 4.90 Å². The summed E-state index contributed by atoms with van der Waals surface area (Å²) in [6.45, 7) is 1.96. The van der Waals surface area contributed by atoms with E-state index in [0.29, 0.717) is 6.42 Å². The van der Waals surface area contributed by atoms with Gasteiger partial charge in [0.15, 0.2) is 0 Å². The van der Waals surface area contributed by atoms with Gasteiger partial charge in [-0.15, -0.1) is 0 Å². The second-order valence-electron chi connectivity index (χ2n) is 4.29. The lowest BCUT2D eigenvalue weighted by Crippen LogP contribution is -2.52. The number of carbonyl (C=O) groups excluding carboxylic acids is 1. The monoisotopic (exact) mass is 245 g/mol. The summed E-state index contributed by atoms with van der Waals surface area (Å²) in [6, 6.07) is 6.26. The van der Waals surface area contributed by atoms with Gasteiger partial charge in [-0.2, -0.15) is 0 Å². The predicted octanol–water partition coefficient (Wildman–Crippen LogP) is 3.45. The summed E-state index contributed by atoms with van der Waals surface area (Å²) in [4.78, 5) is 13.3. The molecule has 1 amide bonds. The van der Waals surface area contributed by atoms with Crippen LogP contribution in [0.3, 0.4) is 0 Å². The first-order valence-corrected chi connectivity index (χ1v) is 6.08. The number of carbonyl (C=O) groups is 1. The molecule has 0 bridgehead atoms. The Bertz CT molecular complexity index is 476. The smallest absolute Gasteiger partial charge is 0.229 e. The molecular weight excluding hydrogens is 229 g/mol. The Morgan fingerprint density at radius 1 is 1.33 bits per heavy atom. The van der Waals surface area contributed by atoms with Crippen molar-refractivity contribution >= 4 is 11.6 Å². The molecule has 2 nitrogen and oxygen atoms in total. The fraction of sp³-hybridized carbons (Fsp3) is 0.267. The average Bonchev–Trinajstić information content (AvgIpc) is 2.35. The molecule has 0 radical (unpaired) electrons. The highest BCUT2D eigenvalue weighted by Crippen LogP contribution is 2.29. The topological polar surface area (TPSA) is 20.3 Å². The van der Waals surface area contributed by atoms with E-state index < -0.39 is 0 Å². The average molecular weight is 245 g/mol. The molecule has 1 heterocycles. The molecule has 1 aromatic carbocycles. The van der Waals surface area contributed by atoms with Crippen LogP contribution in [0.5, 0.6) is 0 Å². The number of hydrogen-bond acceptors (Lipinski definition) is 1. The Labute approximate surface area is 106 Å². The number of anilines is 1. The quantitative estimate of drug-likeness (QED) is 0.587. The van der Waals surface area contributed by atoms with Gasteiger partial charge in [0.2, 0.25) is 5.91 Å². The summed E-state index contributed by atoms with van der Waals surface area (Å²) in [7, 11) is 0. The molecule has 18 heavy (non-hydrogen) atoms. The Kier molecular flexibility index (Phi) is 3.92. The van der Waals surface area contributed by atoms with E-state index >= 15 is 0 Å². The zero-order valence-electron chi connectivity index (χ0n) is 10.3. The molecule has 0 aromatic heterocycles. The van der Waals surface area contributed by atoms with Crippen LogP contribution in [-0.4, -0.2) is 11.9 Å². The number of nitrogens with zero attached hydrogens (tertiary/aromatic N) is 1. The van der Waals surface area contributed by atoms with Crippen LogP contribution in [0.15, 0.2) is 48.6 Å². The van der Waals surface area contributed by atoms with Gasteiger partial charge in [-0.25, -0.2) is 4.39 Å². The van der Waals surface area contributed by atoms with Crippen molar-refractivity contribution in [1.29, 1.82) is 0 Å². The van der Waals surface area contributed by atoms with Crippen LogP contribution in [0.2, 0.25) is 0 Å². The van der Waals surface area contributed by atoms with Gasteiger partial charge in [-0.1, -0.05) is 24.3 Å². The summed E-state index contributed by atoms with van der Waals surface area (Å²) in [6.07, 6.45) is 9.34. The van der Waals surface area contributed by atoms with Crippen LogP contribution in [0, 0.1) is 5.82 Å². The Morgan fingerprint density at radius 3 is 2.67 bits per heavy atom. The van der Waals surface area contributed by atoms with Crippen LogP contribution in [0.1, 0.15) is 19.8 Å². The summed E-state index contributed by atoms with van der Waals surface area (Å²) in [5.41, 5.74) is 0.775. The van der Waals surface area contributed by atoms with E-state index in [1.165, 1.54) is 12.1 Å². The van der Waals surface area contributed by atoms with Crippen molar-refractivity contribution < 1.29 is 9.18 Å². The molecule has 1 saturated heterocycles. The van der Waals surface area contributed by atoms with E-state index in [0.717, 1.165) is 12.1 Å². The lowest BCUT2D eigenvalue weighted by Gasteiger charge is -2.40. The van der Waals surface area contributed by atoms with E-state index in [1.54, 1.807) is 17.0 Å². The molecule has 1 atom stereocenters. The molecule has 0 saturated carbocycles. The summed E-state index contributed by atoms with van der Waals surface area (Å²) < 4.78 is 12.8. The third-order valence-electron chi connectivity index (χ3n) is 3.00. The Hall–Kier alpha value is -1.90. The van der Waals surface area contributed by atoms with Crippen molar-refractivity contribution in [3.8, 4) is 0 Å². The van der Waals surface area contributed by atoms with Crippen molar-refractivity contribution in [3.05, 3.63) is 54.4 Å². The lowest BCUT2D eigenvalue weighted by atomic mass is 9.97. The first-order valence-electron chi connectivity index (χ1n) is 6.08. The van der Waals surface area contributed by atoms with Gasteiger partial charge in [-0.3, -0.25) is 4.79 Å². The molecule has 1 aliphatic rings. The van der Waals surface area contributed by atoms with E-state index in [-0.39, 0.29) is 17.8 Å². The number of amides is 1. The number of hydrogen-bond donors (Lipinski definition) is 0. The van der Waals surface area contributed by atoms with E-state index in [9.17, 15) is 9.18 Å². The molecule has 1 fully saturated rings. The molecule has 3 heteroatoms. The number of halogens is 1. The molecule has 0 spiro atoms. The van der Waals surface area contributed by atoms with Crippen molar-refractivity contribution in [3.63, 3.8) is 0 Å². The zero-order valence-corrected chi connectivity index (χ0v) is 10.3. The number of β-lactam (4-membered cyclic amide) rings is 1. The highest BCUT2D eigenvalue weighted by Gasteiger charge is 2.35. The maximum absolute atomic E-state index is 12.8. The van der Waals surface area contributed by atoms with Gasteiger partial charge >= 0.3 is 0 Å². The highest BCUT2D eigenvalue weighted by atomic mass is 19.1. The SMILES string of the molecule is C/C=C\C=C\CC1CC(=O)N1c1ccc(F)cc1. The molecule has 1 aliphatic heterocycles. The maximum atomic E-state index is 12.8. The third-order valence-corrected chi connectivity index (χ3v) is 3.00. The molecule has 0 aliphatic carbocycles. The fourth-order valence-electron chi connectivity index (χ4n) is 2.05. The Morgan fingerprint density at radius 2 is 2.06 bits per heavy atom. The summed E-state index contributed by atoms with van der Waals surface area (Å²) >= 11 is 0. The van der Waals surface area contributed by atoms with Crippen LogP contribution in [0.25, 0.3) is 0 Å². The summed E-state index contributed by atoms with van der Waals surface area (Å²) in [5.74, 6) is -0.178. The van der Waals surface area contributed by atoms with Gasteiger partial charge < -0.3 is 4.90 Å². The molecule has 94 valence electrons. The fourth-order valence-corrected chi connectivity index (χ4v) is 2.05. The second kappa shape index (κ2) is 5.63. The molecular formula is C15H16FNO. The van der Waals surface area contributed by atoms with Gasteiger partial charge in [0.25, 0.3) is 0 Å². The van der Waals surface area contributed by atoms with Gasteiger partial charge in [-0.05, 0) is 37.6 Å². The molecule has 2 rings (SSSR count). The standard InChI is InChI=1S/C15H16FNO/c1-2-3-4-5-6-14-11-15(18)17(14)13-9-7-12(16)8-10-13/h2-5,7-10,14H,6,11H2,1H3/b3-2-,5-4+. The number of allylic oxidation sites excluding steroid dienone is 3. The predicted molar refractivity (Wildman–Crippen MR) is 70.9 cm³/mol. The van der Waals surface area contributed by atoms with E-state index in [1.807, 2.05) is 31.2 Å². The van der Waals surface area contributed by atoms with Crippen molar-refractivity contribution in [2.75, 3.05) is 4.90 Å². The molecule has 1 aromatic rings. The minimum atomic E-state index is -0.281. The first-order chi connectivity index (χ1) is 8.72. The maximum Gasteiger partial charge on any atom is 0.229 e. The van der Waals surface area contributed by atoms with Gasteiger partial charge in [0, 0.05) is 18.2 Å². The van der Waals surface area contributed by atoms with Crippen LogP contribution >= 0.6 is 0 Å². The van der Waals surface area contributed by atoms with Crippen LogP contribution in [0.4, 0.5) is 10.1 Å². The van der Waals surface area contributed by atoms with Gasteiger partial charge in [0.1, 0.15) is 5.82 Å². The third kappa shape index (κ3) is 2.67. The zero-order chi connectivity index (χ0) is 13.0. The normalized spacial score (nSPS) is 19.8. The Balaban J connectivity index is 2.02. The van der Waals surface area contributed by atoms with Crippen LogP contribution in [-0.2, 0) is 4.79 Å². The molecule has 1 unspecified atom stereocenters. The van der Waals surface area contributed by atoms with Crippen molar-refractivity contribution in [2.45, 2.75) is 25.8 Å². The van der Waals surface area contributed by atoms with E-state index in [4.69, 9.17) is 0 Å².